The zero-order valence-electron chi connectivity index (χ0n) is 14.8. The van der Waals surface area contributed by atoms with E-state index < -0.39 is 23.4 Å². The number of carbonyl (C=O) groups excluding carboxylic acids is 3. The van der Waals surface area contributed by atoms with E-state index in [0.29, 0.717) is 18.4 Å². The lowest BCUT2D eigenvalue weighted by Gasteiger charge is -2.33. The van der Waals surface area contributed by atoms with E-state index in [1.54, 1.807) is 19.9 Å². The maximum Gasteiger partial charge on any atom is 0.348 e. The van der Waals surface area contributed by atoms with Crippen molar-refractivity contribution in [1.82, 2.24) is 5.32 Å². The number of benzene rings is 1. The van der Waals surface area contributed by atoms with Gasteiger partial charge in [-0.2, -0.15) is 0 Å². The summed E-state index contributed by atoms with van der Waals surface area (Å²) in [5, 5.41) is 2.51. The van der Waals surface area contributed by atoms with E-state index in [4.69, 9.17) is 9.47 Å². The van der Waals surface area contributed by atoms with Crippen molar-refractivity contribution in [3.63, 3.8) is 0 Å². The lowest BCUT2D eigenvalue weighted by molar-refractivity contribution is -0.165. The zero-order valence-corrected chi connectivity index (χ0v) is 14.8. The van der Waals surface area contributed by atoms with E-state index in [-0.39, 0.29) is 13.2 Å². The van der Waals surface area contributed by atoms with Crippen molar-refractivity contribution in [2.75, 3.05) is 13.2 Å². The van der Waals surface area contributed by atoms with Crippen molar-refractivity contribution < 1.29 is 23.9 Å². The van der Waals surface area contributed by atoms with Gasteiger partial charge >= 0.3 is 11.9 Å². The number of fused-ring (bicyclic) bond motifs is 1. The molecule has 0 radical (unpaired) electrons. The largest absolute Gasteiger partial charge is 0.464 e. The van der Waals surface area contributed by atoms with Crippen LogP contribution < -0.4 is 5.32 Å². The van der Waals surface area contributed by atoms with Crippen molar-refractivity contribution in [1.29, 1.82) is 0 Å². The first-order chi connectivity index (χ1) is 12.0. The van der Waals surface area contributed by atoms with Gasteiger partial charge in [0.25, 0.3) is 5.54 Å². The lowest BCUT2D eigenvalue weighted by Crippen LogP contribution is -2.62. The molecule has 6 heteroatoms. The summed E-state index contributed by atoms with van der Waals surface area (Å²) in [5.41, 5.74) is 0.548. The number of ether oxygens (including phenoxy) is 2. The molecule has 1 aromatic carbocycles. The lowest BCUT2D eigenvalue weighted by atomic mass is 9.80. The first-order valence-corrected chi connectivity index (χ1v) is 8.37. The maximum absolute atomic E-state index is 12.7. The second-order valence-corrected chi connectivity index (χ2v) is 5.74. The van der Waals surface area contributed by atoms with E-state index in [1.165, 1.54) is 6.92 Å². The molecule has 2 rings (SSSR count). The van der Waals surface area contributed by atoms with Crippen LogP contribution in [0.1, 0.15) is 38.3 Å². The second-order valence-electron chi connectivity index (χ2n) is 5.74. The van der Waals surface area contributed by atoms with Crippen molar-refractivity contribution in [3.05, 3.63) is 41.0 Å². The molecule has 0 saturated carbocycles. The summed E-state index contributed by atoms with van der Waals surface area (Å²) in [6, 6.07) is 7.73. The number of hydrogen-bond donors (Lipinski definition) is 1. The predicted molar refractivity (Wildman–Crippen MR) is 92.6 cm³/mol. The maximum atomic E-state index is 12.7. The summed E-state index contributed by atoms with van der Waals surface area (Å²) in [6.07, 6.45) is 2.86. The topological polar surface area (TPSA) is 81.7 Å². The molecule has 1 aliphatic rings. The number of hydrogen-bond acceptors (Lipinski definition) is 5. The quantitative estimate of drug-likeness (QED) is 0.630. The van der Waals surface area contributed by atoms with Crippen LogP contribution in [0.5, 0.6) is 0 Å². The van der Waals surface area contributed by atoms with Gasteiger partial charge in [0, 0.05) is 6.92 Å². The standard InChI is InChI=1S/C19H23NO5/c1-4-24-17(22)19(20-13(3)21,18(23)25-5-2)16-11-10-14-8-6-7-9-15(14)12-16/h6-9,12H,4-5,10-11H2,1-3H3,(H,20,21). The van der Waals surface area contributed by atoms with Crippen LogP contribution in [0.25, 0.3) is 6.08 Å². The van der Waals surface area contributed by atoms with Crippen molar-refractivity contribution in [3.8, 4) is 0 Å². The Morgan fingerprint density at radius 1 is 1.04 bits per heavy atom. The van der Waals surface area contributed by atoms with E-state index in [1.807, 2.05) is 24.3 Å². The average Bonchev–Trinajstić information content (AvgIpc) is 2.59. The van der Waals surface area contributed by atoms with Gasteiger partial charge in [-0.25, -0.2) is 9.59 Å². The SMILES string of the molecule is CCOC(=O)C(NC(C)=O)(C(=O)OCC)C1=Cc2ccccc2CC1. The highest BCUT2D eigenvalue weighted by Crippen LogP contribution is 2.33. The Hall–Kier alpha value is -2.63. The number of nitrogens with one attached hydrogen (secondary N) is 1. The Morgan fingerprint density at radius 2 is 1.64 bits per heavy atom. The second kappa shape index (κ2) is 7.96. The fourth-order valence-corrected chi connectivity index (χ4v) is 3.00. The molecule has 0 fully saturated rings. The van der Waals surface area contributed by atoms with Crippen LogP contribution in [0.4, 0.5) is 0 Å². The number of esters is 2. The van der Waals surface area contributed by atoms with E-state index in [9.17, 15) is 14.4 Å². The number of carbonyl (C=O) groups is 3. The molecule has 0 bridgehead atoms. The Balaban J connectivity index is 2.60. The monoisotopic (exact) mass is 345 g/mol. The smallest absolute Gasteiger partial charge is 0.348 e. The van der Waals surface area contributed by atoms with Gasteiger partial charge in [0.1, 0.15) is 0 Å². The molecule has 1 N–H and O–H groups in total. The van der Waals surface area contributed by atoms with Gasteiger partial charge in [0.15, 0.2) is 0 Å². The third kappa shape index (κ3) is 3.73. The van der Waals surface area contributed by atoms with Gasteiger partial charge in [0.05, 0.1) is 13.2 Å². The van der Waals surface area contributed by atoms with Crippen LogP contribution in [0, 0.1) is 0 Å². The van der Waals surface area contributed by atoms with Gasteiger partial charge in [0.2, 0.25) is 5.91 Å². The normalized spacial score (nSPS) is 13.3. The highest BCUT2D eigenvalue weighted by molar-refractivity contribution is 6.12. The van der Waals surface area contributed by atoms with Crippen molar-refractivity contribution in [2.24, 2.45) is 0 Å². The molecular weight excluding hydrogens is 322 g/mol. The zero-order chi connectivity index (χ0) is 18.4. The van der Waals surface area contributed by atoms with Crippen molar-refractivity contribution in [2.45, 2.75) is 39.2 Å². The third-order valence-corrected chi connectivity index (χ3v) is 4.06. The molecule has 0 atom stereocenters. The van der Waals surface area contributed by atoms with Gasteiger partial charge in [-0.15, -0.1) is 0 Å². The fourth-order valence-electron chi connectivity index (χ4n) is 3.00. The first kappa shape index (κ1) is 18.7. The van der Waals surface area contributed by atoms with E-state index in [0.717, 1.165) is 11.1 Å². The molecule has 0 aliphatic heterocycles. The van der Waals surface area contributed by atoms with Crippen molar-refractivity contribution >= 4 is 23.9 Å². The van der Waals surface area contributed by atoms with Crippen LogP contribution >= 0.6 is 0 Å². The van der Waals surface area contributed by atoms with Gasteiger partial charge in [-0.3, -0.25) is 4.79 Å². The minimum absolute atomic E-state index is 0.0867. The Morgan fingerprint density at radius 3 is 2.20 bits per heavy atom. The molecular formula is C19H23NO5. The van der Waals surface area contributed by atoms with Crippen LogP contribution in [0.3, 0.4) is 0 Å². The average molecular weight is 345 g/mol. The minimum atomic E-state index is -1.95. The number of amides is 1. The molecule has 6 nitrogen and oxygen atoms in total. The van der Waals surface area contributed by atoms with Crippen LogP contribution in [-0.2, 0) is 30.3 Å². The van der Waals surface area contributed by atoms with Gasteiger partial charge in [-0.1, -0.05) is 30.3 Å². The molecule has 1 amide bonds. The Kier molecular flexibility index (Phi) is 5.96. The molecule has 0 aromatic heterocycles. The number of rotatable bonds is 6. The minimum Gasteiger partial charge on any atom is -0.464 e. The summed E-state index contributed by atoms with van der Waals surface area (Å²) in [5.74, 6) is -2.16. The Bertz CT molecular complexity index is 690. The molecule has 134 valence electrons. The molecule has 1 aromatic rings. The first-order valence-electron chi connectivity index (χ1n) is 8.37. The number of aryl methyl sites for hydroxylation is 1. The van der Waals surface area contributed by atoms with Crippen LogP contribution in [0.15, 0.2) is 29.8 Å². The molecule has 1 aliphatic carbocycles. The highest BCUT2D eigenvalue weighted by atomic mass is 16.6. The molecule has 0 saturated heterocycles. The Labute approximate surface area is 147 Å². The van der Waals surface area contributed by atoms with Crippen LogP contribution in [0.2, 0.25) is 0 Å². The summed E-state index contributed by atoms with van der Waals surface area (Å²) in [6.45, 7) is 4.72. The predicted octanol–water partition coefficient (Wildman–Crippen LogP) is 2.02. The summed E-state index contributed by atoms with van der Waals surface area (Å²) in [4.78, 5) is 37.3. The summed E-state index contributed by atoms with van der Waals surface area (Å²) >= 11 is 0. The van der Waals surface area contributed by atoms with Gasteiger partial charge < -0.3 is 14.8 Å². The highest BCUT2D eigenvalue weighted by Gasteiger charge is 2.53. The summed E-state index contributed by atoms with van der Waals surface area (Å²) < 4.78 is 10.2. The van der Waals surface area contributed by atoms with Gasteiger partial charge in [-0.05, 0) is 43.4 Å². The van der Waals surface area contributed by atoms with Crippen LogP contribution in [-0.4, -0.2) is 36.6 Å². The van der Waals surface area contributed by atoms with E-state index in [2.05, 4.69) is 5.32 Å². The van der Waals surface area contributed by atoms with E-state index >= 15 is 0 Å². The third-order valence-electron chi connectivity index (χ3n) is 4.06. The molecule has 25 heavy (non-hydrogen) atoms. The molecule has 0 unspecified atom stereocenters. The fraction of sp³-hybridized carbons (Fsp3) is 0.421. The molecule has 0 spiro atoms. The molecule has 0 heterocycles. The summed E-state index contributed by atoms with van der Waals surface area (Å²) in [7, 11) is 0.